The molecule has 0 aliphatic rings. The molecule has 1 aromatic rings. The summed E-state index contributed by atoms with van der Waals surface area (Å²) >= 11 is 5.98. The lowest BCUT2D eigenvalue weighted by Gasteiger charge is -2.08. The van der Waals surface area contributed by atoms with Crippen molar-refractivity contribution < 1.29 is 9.47 Å². The lowest BCUT2D eigenvalue weighted by atomic mass is 10.3. The fourth-order valence-electron chi connectivity index (χ4n) is 1.23. The van der Waals surface area contributed by atoms with E-state index in [0.717, 1.165) is 25.3 Å². The maximum Gasteiger partial charge on any atom is 0.137 e. The Morgan fingerprint density at radius 3 is 2.73 bits per heavy atom. The summed E-state index contributed by atoms with van der Waals surface area (Å²) in [6.07, 6.45) is 0.972. The molecule has 15 heavy (non-hydrogen) atoms. The van der Waals surface area contributed by atoms with Crippen molar-refractivity contribution in [3.63, 3.8) is 0 Å². The Labute approximate surface area is 95.3 Å². The van der Waals surface area contributed by atoms with Crippen LogP contribution in [0.1, 0.15) is 6.42 Å². The van der Waals surface area contributed by atoms with Gasteiger partial charge in [0.15, 0.2) is 0 Å². The van der Waals surface area contributed by atoms with Crippen LogP contribution in [-0.2, 0) is 4.74 Å². The molecule has 0 radical (unpaired) electrons. The predicted molar refractivity (Wildman–Crippen MR) is 63.0 cm³/mol. The van der Waals surface area contributed by atoms with Gasteiger partial charge < -0.3 is 14.8 Å². The van der Waals surface area contributed by atoms with Crippen molar-refractivity contribution in [1.29, 1.82) is 0 Å². The number of benzene rings is 1. The Morgan fingerprint density at radius 1 is 1.33 bits per heavy atom. The van der Waals surface area contributed by atoms with Gasteiger partial charge in [-0.2, -0.15) is 0 Å². The Balaban J connectivity index is 2.45. The van der Waals surface area contributed by atoms with E-state index in [1.807, 2.05) is 18.2 Å². The Bertz CT molecular complexity index is 305. The zero-order chi connectivity index (χ0) is 11.1. The third-order valence-electron chi connectivity index (χ3n) is 2.01. The Hall–Kier alpha value is -0.930. The summed E-state index contributed by atoms with van der Waals surface area (Å²) in [6, 6.07) is 5.64. The zero-order valence-electron chi connectivity index (χ0n) is 9.05. The fourth-order valence-corrected chi connectivity index (χ4v) is 1.48. The van der Waals surface area contributed by atoms with Crippen LogP contribution >= 0.6 is 11.6 Å². The summed E-state index contributed by atoms with van der Waals surface area (Å²) < 4.78 is 10.0. The van der Waals surface area contributed by atoms with Crippen LogP contribution < -0.4 is 10.1 Å². The van der Waals surface area contributed by atoms with Gasteiger partial charge in [-0.15, -0.1) is 0 Å². The summed E-state index contributed by atoms with van der Waals surface area (Å²) in [5.41, 5.74) is 0.997. The molecule has 0 saturated heterocycles. The van der Waals surface area contributed by atoms with Crippen LogP contribution in [0.5, 0.6) is 5.75 Å². The monoisotopic (exact) mass is 229 g/mol. The number of nitrogens with one attached hydrogen (secondary N) is 1. The van der Waals surface area contributed by atoms with Crippen molar-refractivity contribution >= 4 is 17.3 Å². The number of methoxy groups -OCH3 is 2. The largest absolute Gasteiger partial charge is 0.495 e. The molecule has 0 spiro atoms. The molecule has 0 fully saturated rings. The highest BCUT2D eigenvalue weighted by Crippen LogP contribution is 2.26. The molecular weight excluding hydrogens is 214 g/mol. The second kappa shape index (κ2) is 6.53. The number of hydrogen-bond donors (Lipinski definition) is 1. The van der Waals surface area contributed by atoms with Crippen molar-refractivity contribution in [3.05, 3.63) is 23.2 Å². The molecule has 1 aromatic carbocycles. The first-order valence-corrected chi connectivity index (χ1v) is 5.22. The van der Waals surface area contributed by atoms with Gasteiger partial charge in [-0.3, -0.25) is 0 Å². The van der Waals surface area contributed by atoms with E-state index >= 15 is 0 Å². The van der Waals surface area contributed by atoms with Gasteiger partial charge in [-0.05, 0) is 24.6 Å². The first kappa shape index (κ1) is 12.1. The first-order chi connectivity index (χ1) is 7.27. The molecule has 0 bridgehead atoms. The topological polar surface area (TPSA) is 30.5 Å². The number of ether oxygens (including phenoxy) is 2. The lowest BCUT2D eigenvalue weighted by molar-refractivity contribution is 0.198. The smallest absolute Gasteiger partial charge is 0.137 e. The third-order valence-corrected chi connectivity index (χ3v) is 2.30. The molecule has 0 aliphatic carbocycles. The molecule has 0 heterocycles. The quantitative estimate of drug-likeness (QED) is 0.761. The normalized spacial score (nSPS) is 10.1. The molecule has 1 N–H and O–H groups in total. The van der Waals surface area contributed by atoms with E-state index in [9.17, 15) is 0 Å². The number of hydrogen-bond acceptors (Lipinski definition) is 3. The summed E-state index contributed by atoms with van der Waals surface area (Å²) in [5.74, 6) is 0.694. The standard InChI is InChI=1S/C11H16ClNO2/c1-14-7-3-6-13-9-4-5-11(15-2)10(12)8-9/h4-5,8,13H,3,6-7H2,1-2H3. The minimum Gasteiger partial charge on any atom is -0.495 e. The van der Waals surface area contributed by atoms with Gasteiger partial charge in [0.25, 0.3) is 0 Å². The van der Waals surface area contributed by atoms with E-state index in [2.05, 4.69) is 5.32 Å². The molecule has 3 nitrogen and oxygen atoms in total. The van der Waals surface area contributed by atoms with Gasteiger partial charge >= 0.3 is 0 Å². The molecule has 0 unspecified atom stereocenters. The Kier molecular flexibility index (Phi) is 5.29. The highest BCUT2D eigenvalue weighted by Gasteiger charge is 2.00. The van der Waals surface area contributed by atoms with Crippen LogP contribution in [0.3, 0.4) is 0 Å². The van der Waals surface area contributed by atoms with E-state index in [0.29, 0.717) is 10.8 Å². The van der Waals surface area contributed by atoms with E-state index in [4.69, 9.17) is 21.1 Å². The zero-order valence-corrected chi connectivity index (χ0v) is 9.80. The van der Waals surface area contributed by atoms with Crippen molar-refractivity contribution in [2.24, 2.45) is 0 Å². The summed E-state index contributed by atoms with van der Waals surface area (Å²) in [7, 11) is 3.30. The SMILES string of the molecule is COCCCNc1ccc(OC)c(Cl)c1. The van der Waals surface area contributed by atoms with E-state index in [-0.39, 0.29) is 0 Å². The van der Waals surface area contributed by atoms with Crippen LogP contribution in [0.4, 0.5) is 5.69 Å². The molecule has 84 valence electrons. The molecule has 0 atom stereocenters. The number of rotatable bonds is 6. The van der Waals surface area contributed by atoms with Crippen molar-refractivity contribution in [2.45, 2.75) is 6.42 Å². The molecule has 0 saturated carbocycles. The van der Waals surface area contributed by atoms with Crippen molar-refractivity contribution in [2.75, 3.05) is 32.7 Å². The van der Waals surface area contributed by atoms with E-state index in [1.54, 1.807) is 14.2 Å². The average molecular weight is 230 g/mol. The van der Waals surface area contributed by atoms with Crippen molar-refractivity contribution in [3.8, 4) is 5.75 Å². The molecule has 4 heteroatoms. The number of anilines is 1. The minimum atomic E-state index is 0.620. The van der Waals surface area contributed by atoms with Gasteiger partial charge in [0.1, 0.15) is 5.75 Å². The predicted octanol–water partition coefficient (Wildman–Crippen LogP) is 2.80. The van der Waals surface area contributed by atoms with Gasteiger partial charge in [-0.1, -0.05) is 11.6 Å². The third kappa shape index (κ3) is 3.98. The molecule has 0 aromatic heterocycles. The van der Waals surface area contributed by atoms with Crippen LogP contribution in [-0.4, -0.2) is 27.4 Å². The highest BCUT2D eigenvalue weighted by molar-refractivity contribution is 6.32. The lowest BCUT2D eigenvalue weighted by Crippen LogP contribution is -2.04. The van der Waals surface area contributed by atoms with Gasteiger partial charge in [-0.25, -0.2) is 0 Å². The molecule has 0 amide bonds. The Morgan fingerprint density at radius 2 is 2.13 bits per heavy atom. The minimum absolute atomic E-state index is 0.620. The van der Waals surface area contributed by atoms with Gasteiger partial charge in [0.2, 0.25) is 0 Å². The van der Waals surface area contributed by atoms with Gasteiger partial charge in [0.05, 0.1) is 12.1 Å². The van der Waals surface area contributed by atoms with Gasteiger partial charge in [0, 0.05) is 25.9 Å². The average Bonchev–Trinajstić information content (AvgIpc) is 2.25. The van der Waals surface area contributed by atoms with Crippen LogP contribution in [0, 0.1) is 0 Å². The molecule has 0 aliphatic heterocycles. The summed E-state index contributed by atoms with van der Waals surface area (Å²) in [4.78, 5) is 0. The van der Waals surface area contributed by atoms with Crippen LogP contribution in [0.2, 0.25) is 5.02 Å². The molecule has 1 rings (SSSR count). The second-order valence-electron chi connectivity index (χ2n) is 3.12. The highest BCUT2D eigenvalue weighted by atomic mass is 35.5. The maximum atomic E-state index is 5.98. The maximum absolute atomic E-state index is 5.98. The van der Waals surface area contributed by atoms with E-state index < -0.39 is 0 Å². The number of halogens is 1. The fraction of sp³-hybridized carbons (Fsp3) is 0.455. The van der Waals surface area contributed by atoms with Crippen molar-refractivity contribution in [1.82, 2.24) is 0 Å². The first-order valence-electron chi connectivity index (χ1n) is 4.84. The summed E-state index contributed by atoms with van der Waals surface area (Å²) in [5, 5.41) is 3.87. The second-order valence-corrected chi connectivity index (χ2v) is 3.53. The van der Waals surface area contributed by atoms with Crippen LogP contribution in [0.25, 0.3) is 0 Å². The van der Waals surface area contributed by atoms with E-state index in [1.165, 1.54) is 0 Å². The summed E-state index contributed by atoms with van der Waals surface area (Å²) in [6.45, 7) is 1.63. The molecular formula is C11H16ClNO2. The van der Waals surface area contributed by atoms with Crippen LogP contribution in [0.15, 0.2) is 18.2 Å².